The Balaban J connectivity index is 1.42. The van der Waals surface area contributed by atoms with Gasteiger partial charge in [-0.05, 0) is 37.1 Å². The Labute approximate surface area is 162 Å². The summed E-state index contributed by atoms with van der Waals surface area (Å²) in [6.45, 7) is 1.43. The van der Waals surface area contributed by atoms with E-state index in [-0.39, 0.29) is 24.1 Å². The number of hydrogen-bond acceptors (Lipinski definition) is 5. The van der Waals surface area contributed by atoms with E-state index in [2.05, 4.69) is 5.10 Å². The van der Waals surface area contributed by atoms with Gasteiger partial charge in [-0.15, -0.1) is 0 Å². The summed E-state index contributed by atoms with van der Waals surface area (Å²) in [6.07, 6.45) is 6.22. The molecule has 0 saturated carbocycles. The maximum absolute atomic E-state index is 12.9. The number of ether oxygens (including phenoxy) is 2. The molecule has 1 aromatic heterocycles. The molecule has 28 heavy (non-hydrogen) atoms. The molecular weight excluding hydrogens is 362 g/mol. The van der Waals surface area contributed by atoms with Crippen LogP contribution in [0.3, 0.4) is 0 Å². The SMILES string of the molecule is COc1ccc2c(c1)C=C(C(=O)N1CCC(n3cc(C(=O)O)cn3)CC1)CO2. The fourth-order valence-electron chi connectivity index (χ4n) is 3.59. The molecule has 0 bridgehead atoms. The van der Waals surface area contributed by atoms with Crippen LogP contribution in [0, 0.1) is 0 Å². The number of likely N-dealkylation sites (tertiary alicyclic amines) is 1. The van der Waals surface area contributed by atoms with Crippen LogP contribution in [0.4, 0.5) is 0 Å². The van der Waals surface area contributed by atoms with Crippen molar-refractivity contribution in [2.45, 2.75) is 18.9 Å². The summed E-state index contributed by atoms with van der Waals surface area (Å²) >= 11 is 0. The van der Waals surface area contributed by atoms with E-state index in [1.54, 1.807) is 18.0 Å². The normalized spacial score (nSPS) is 16.8. The number of aromatic carboxylic acids is 1. The number of carboxylic acids is 1. The summed E-state index contributed by atoms with van der Waals surface area (Å²) < 4.78 is 12.7. The van der Waals surface area contributed by atoms with Crippen LogP contribution in [0.5, 0.6) is 11.5 Å². The van der Waals surface area contributed by atoms with Gasteiger partial charge >= 0.3 is 5.97 Å². The van der Waals surface area contributed by atoms with Crippen LogP contribution in [0.1, 0.15) is 34.8 Å². The molecule has 8 nitrogen and oxygen atoms in total. The highest BCUT2D eigenvalue weighted by Crippen LogP contribution is 2.31. The Morgan fingerprint density at radius 1 is 1.29 bits per heavy atom. The van der Waals surface area contributed by atoms with Crippen molar-refractivity contribution >= 4 is 18.0 Å². The van der Waals surface area contributed by atoms with Gasteiger partial charge in [0.2, 0.25) is 0 Å². The minimum Gasteiger partial charge on any atom is -0.497 e. The molecule has 2 aliphatic heterocycles. The highest BCUT2D eigenvalue weighted by molar-refractivity contribution is 5.99. The van der Waals surface area contributed by atoms with Crippen LogP contribution in [-0.4, -0.2) is 58.5 Å². The molecule has 4 rings (SSSR count). The molecule has 1 fully saturated rings. The van der Waals surface area contributed by atoms with Crippen molar-refractivity contribution in [1.82, 2.24) is 14.7 Å². The first-order valence-corrected chi connectivity index (χ1v) is 9.13. The molecule has 1 amide bonds. The number of carbonyl (C=O) groups is 2. The third kappa shape index (κ3) is 3.45. The minimum absolute atomic E-state index is 0.0291. The van der Waals surface area contributed by atoms with Gasteiger partial charge in [0.1, 0.15) is 18.1 Å². The lowest BCUT2D eigenvalue weighted by molar-refractivity contribution is -0.128. The molecule has 1 aromatic carbocycles. The lowest BCUT2D eigenvalue weighted by Gasteiger charge is -2.33. The molecule has 8 heteroatoms. The maximum atomic E-state index is 12.9. The standard InChI is InChI=1S/C20H21N3O5/c1-27-17-2-3-18-13(9-17)8-14(12-28-18)19(24)22-6-4-16(5-7-22)23-11-15(10-21-23)20(25)26/h2-3,8-11,16H,4-7,12H2,1H3,(H,25,26). The zero-order chi connectivity index (χ0) is 19.7. The molecule has 2 aromatic rings. The second-order valence-electron chi connectivity index (χ2n) is 6.90. The molecular formula is C20H21N3O5. The zero-order valence-electron chi connectivity index (χ0n) is 15.5. The van der Waals surface area contributed by atoms with Crippen molar-refractivity contribution in [2.75, 3.05) is 26.8 Å². The third-order valence-corrected chi connectivity index (χ3v) is 5.18. The quantitative estimate of drug-likeness (QED) is 0.870. The Kier molecular flexibility index (Phi) is 4.77. The van der Waals surface area contributed by atoms with Crippen molar-refractivity contribution in [1.29, 1.82) is 0 Å². The number of amides is 1. The van der Waals surface area contributed by atoms with E-state index >= 15 is 0 Å². The van der Waals surface area contributed by atoms with E-state index < -0.39 is 5.97 Å². The monoisotopic (exact) mass is 383 g/mol. The lowest BCUT2D eigenvalue weighted by atomic mass is 10.0. The first kappa shape index (κ1) is 18.1. The Hall–Kier alpha value is -3.29. The second-order valence-corrected chi connectivity index (χ2v) is 6.90. The van der Waals surface area contributed by atoms with Gasteiger partial charge in [0.15, 0.2) is 0 Å². The minimum atomic E-state index is -0.986. The summed E-state index contributed by atoms with van der Waals surface area (Å²) in [5.74, 6) is 0.440. The molecule has 0 atom stereocenters. The first-order valence-electron chi connectivity index (χ1n) is 9.13. The smallest absolute Gasteiger partial charge is 0.338 e. The number of carboxylic acid groups (broad SMARTS) is 1. The fraction of sp³-hybridized carbons (Fsp3) is 0.350. The predicted molar refractivity (Wildman–Crippen MR) is 101 cm³/mol. The summed E-state index contributed by atoms with van der Waals surface area (Å²) in [4.78, 5) is 25.7. The summed E-state index contributed by atoms with van der Waals surface area (Å²) in [5.41, 5.74) is 1.63. The molecule has 1 N–H and O–H groups in total. The van der Waals surface area contributed by atoms with E-state index in [4.69, 9.17) is 14.6 Å². The summed E-state index contributed by atoms with van der Waals surface area (Å²) in [5, 5.41) is 13.2. The average Bonchev–Trinajstić information content (AvgIpc) is 3.23. The number of benzene rings is 1. The number of carbonyl (C=O) groups excluding carboxylic acids is 1. The van der Waals surface area contributed by atoms with Gasteiger partial charge in [-0.1, -0.05) is 0 Å². The Bertz CT molecular complexity index is 941. The average molecular weight is 383 g/mol. The third-order valence-electron chi connectivity index (χ3n) is 5.18. The van der Waals surface area contributed by atoms with Crippen molar-refractivity contribution in [3.63, 3.8) is 0 Å². The van der Waals surface area contributed by atoms with Gasteiger partial charge in [0, 0.05) is 24.8 Å². The topological polar surface area (TPSA) is 93.9 Å². The number of methoxy groups -OCH3 is 1. The van der Waals surface area contributed by atoms with E-state index in [0.29, 0.717) is 24.4 Å². The van der Waals surface area contributed by atoms with Gasteiger partial charge in [-0.2, -0.15) is 5.10 Å². The number of nitrogens with zero attached hydrogens (tertiary/aromatic N) is 3. The molecule has 146 valence electrons. The maximum Gasteiger partial charge on any atom is 0.338 e. The Morgan fingerprint density at radius 2 is 2.07 bits per heavy atom. The van der Waals surface area contributed by atoms with Crippen LogP contribution >= 0.6 is 0 Å². The predicted octanol–water partition coefficient (Wildman–Crippen LogP) is 2.23. The van der Waals surface area contributed by atoms with Gasteiger partial charge in [0.25, 0.3) is 5.91 Å². The van der Waals surface area contributed by atoms with E-state index in [0.717, 1.165) is 24.2 Å². The van der Waals surface area contributed by atoms with Gasteiger partial charge < -0.3 is 19.5 Å². The van der Waals surface area contributed by atoms with Crippen molar-refractivity contribution < 1.29 is 24.2 Å². The van der Waals surface area contributed by atoms with E-state index in [1.807, 2.05) is 29.2 Å². The van der Waals surface area contributed by atoms with Crippen molar-refractivity contribution in [3.8, 4) is 11.5 Å². The van der Waals surface area contributed by atoms with Gasteiger partial charge in [-0.3, -0.25) is 9.48 Å². The van der Waals surface area contributed by atoms with Crippen LogP contribution in [0.25, 0.3) is 6.08 Å². The molecule has 0 aliphatic carbocycles. The highest BCUT2D eigenvalue weighted by Gasteiger charge is 2.28. The summed E-state index contributed by atoms with van der Waals surface area (Å²) in [7, 11) is 1.60. The van der Waals surface area contributed by atoms with Crippen LogP contribution in [0.15, 0.2) is 36.2 Å². The molecule has 2 aliphatic rings. The Morgan fingerprint density at radius 3 is 2.75 bits per heavy atom. The van der Waals surface area contributed by atoms with Gasteiger partial charge in [0.05, 0.1) is 30.5 Å². The number of fused-ring (bicyclic) bond motifs is 1. The van der Waals surface area contributed by atoms with Crippen molar-refractivity contribution in [3.05, 3.63) is 47.3 Å². The van der Waals surface area contributed by atoms with Gasteiger partial charge in [-0.25, -0.2) is 4.79 Å². The van der Waals surface area contributed by atoms with Crippen LogP contribution in [0.2, 0.25) is 0 Å². The highest BCUT2D eigenvalue weighted by atomic mass is 16.5. The van der Waals surface area contributed by atoms with E-state index in [1.165, 1.54) is 6.20 Å². The molecule has 1 saturated heterocycles. The summed E-state index contributed by atoms with van der Waals surface area (Å²) in [6, 6.07) is 5.62. The number of rotatable bonds is 4. The molecule has 0 radical (unpaired) electrons. The molecule has 3 heterocycles. The largest absolute Gasteiger partial charge is 0.497 e. The van der Waals surface area contributed by atoms with Crippen LogP contribution < -0.4 is 9.47 Å². The van der Waals surface area contributed by atoms with E-state index in [9.17, 15) is 9.59 Å². The van der Waals surface area contributed by atoms with Crippen LogP contribution in [-0.2, 0) is 4.79 Å². The molecule has 0 spiro atoms. The lowest BCUT2D eigenvalue weighted by Crippen LogP contribution is -2.41. The second kappa shape index (κ2) is 7.38. The number of hydrogen-bond donors (Lipinski definition) is 1. The first-order chi connectivity index (χ1) is 13.5. The number of piperidine rings is 1. The fourth-order valence-corrected chi connectivity index (χ4v) is 3.59. The zero-order valence-corrected chi connectivity index (χ0v) is 15.5. The van der Waals surface area contributed by atoms with Crippen molar-refractivity contribution in [2.24, 2.45) is 0 Å². The molecule has 0 unspecified atom stereocenters. The number of aromatic nitrogens is 2.